The molecule has 142 valence electrons. The number of nitrogens with zero attached hydrogens (tertiary/aromatic N) is 2. The highest BCUT2D eigenvalue weighted by molar-refractivity contribution is 7.89. The number of hydrogen-bond donors (Lipinski definition) is 2. The van der Waals surface area contributed by atoms with E-state index in [0.29, 0.717) is 26.2 Å². The number of aromatic carboxylic acids is 1. The summed E-state index contributed by atoms with van der Waals surface area (Å²) >= 11 is 0. The van der Waals surface area contributed by atoms with Gasteiger partial charge in [0.1, 0.15) is 0 Å². The normalized spacial score (nSPS) is 15.0. The molecule has 26 heavy (non-hydrogen) atoms. The van der Waals surface area contributed by atoms with Gasteiger partial charge in [0.15, 0.2) is 0 Å². The average Bonchev–Trinajstić information content (AvgIpc) is 2.61. The maximum Gasteiger partial charge on any atom is 0.335 e. The number of piperazine rings is 1. The molecule has 1 aliphatic heterocycles. The second-order valence-electron chi connectivity index (χ2n) is 5.87. The SMILES string of the molecule is CC(=O)N1CCN(C(=O)CCNS(=O)(=O)c2cccc(C(=O)O)c2)CC1. The first kappa shape index (κ1) is 19.9. The summed E-state index contributed by atoms with van der Waals surface area (Å²) < 4.78 is 26.7. The standard InChI is InChI=1S/C16H21N3O6S/c1-12(20)18-7-9-19(10-8-18)15(21)5-6-17-26(24,25)14-4-2-3-13(11-14)16(22)23/h2-4,11,17H,5-10H2,1H3,(H,22,23). The summed E-state index contributed by atoms with van der Waals surface area (Å²) in [6.07, 6.45) is -0.0159. The third kappa shape index (κ3) is 5.02. The Kier molecular flexibility index (Phi) is 6.32. The van der Waals surface area contributed by atoms with Crippen LogP contribution in [-0.4, -0.2) is 73.8 Å². The number of amides is 2. The minimum absolute atomic E-state index is 0.0159. The lowest BCUT2D eigenvalue weighted by Crippen LogP contribution is -2.50. The van der Waals surface area contributed by atoms with Crippen molar-refractivity contribution in [2.24, 2.45) is 0 Å². The van der Waals surface area contributed by atoms with Crippen molar-refractivity contribution in [1.82, 2.24) is 14.5 Å². The third-order valence-electron chi connectivity index (χ3n) is 4.10. The maximum atomic E-state index is 12.2. The smallest absolute Gasteiger partial charge is 0.335 e. The first-order valence-electron chi connectivity index (χ1n) is 8.07. The van der Waals surface area contributed by atoms with Crippen LogP contribution in [0.3, 0.4) is 0 Å². The third-order valence-corrected chi connectivity index (χ3v) is 5.56. The molecule has 0 spiro atoms. The molecule has 1 heterocycles. The van der Waals surface area contributed by atoms with Crippen LogP contribution < -0.4 is 4.72 Å². The average molecular weight is 383 g/mol. The molecule has 0 radical (unpaired) electrons. The van der Waals surface area contributed by atoms with Crippen molar-refractivity contribution in [3.05, 3.63) is 29.8 Å². The van der Waals surface area contributed by atoms with E-state index in [4.69, 9.17) is 5.11 Å². The van der Waals surface area contributed by atoms with Gasteiger partial charge in [-0.25, -0.2) is 17.9 Å². The highest BCUT2D eigenvalue weighted by Gasteiger charge is 2.23. The van der Waals surface area contributed by atoms with Crippen molar-refractivity contribution in [2.75, 3.05) is 32.7 Å². The van der Waals surface area contributed by atoms with E-state index in [1.54, 1.807) is 9.80 Å². The van der Waals surface area contributed by atoms with Crippen LogP contribution in [0, 0.1) is 0 Å². The number of carboxylic acids is 1. The number of carbonyl (C=O) groups excluding carboxylic acids is 2. The molecule has 1 saturated heterocycles. The van der Waals surface area contributed by atoms with Crippen molar-refractivity contribution in [1.29, 1.82) is 0 Å². The summed E-state index contributed by atoms with van der Waals surface area (Å²) in [4.78, 5) is 37.4. The quantitative estimate of drug-likeness (QED) is 0.698. The predicted molar refractivity (Wildman–Crippen MR) is 92.0 cm³/mol. The molecule has 0 unspecified atom stereocenters. The van der Waals surface area contributed by atoms with Crippen LogP contribution in [0.15, 0.2) is 29.2 Å². The lowest BCUT2D eigenvalue weighted by atomic mass is 10.2. The van der Waals surface area contributed by atoms with E-state index in [2.05, 4.69) is 4.72 Å². The van der Waals surface area contributed by atoms with Gasteiger partial charge in [0.25, 0.3) is 0 Å². The summed E-state index contributed by atoms with van der Waals surface area (Å²) in [7, 11) is -3.90. The van der Waals surface area contributed by atoms with E-state index in [1.807, 2.05) is 0 Å². The molecule has 0 aromatic heterocycles. The highest BCUT2D eigenvalue weighted by atomic mass is 32.2. The van der Waals surface area contributed by atoms with Gasteiger partial charge in [-0.1, -0.05) is 6.07 Å². The summed E-state index contributed by atoms with van der Waals surface area (Å²) in [5.74, 6) is -1.45. The van der Waals surface area contributed by atoms with E-state index >= 15 is 0 Å². The Morgan fingerprint density at radius 3 is 2.31 bits per heavy atom. The minimum Gasteiger partial charge on any atom is -0.478 e. The van der Waals surface area contributed by atoms with Crippen molar-refractivity contribution < 1.29 is 27.9 Å². The molecule has 10 heteroatoms. The van der Waals surface area contributed by atoms with Crippen LogP contribution in [0.4, 0.5) is 0 Å². The Bertz CT molecular complexity index is 800. The molecule has 1 fully saturated rings. The fourth-order valence-electron chi connectivity index (χ4n) is 2.60. The van der Waals surface area contributed by atoms with Crippen LogP contribution >= 0.6 is 0 Å². The summed E-state index contributed by atoms with van der Waals surface area (Å²) in [6, 6.07) is 4.99. The second kappa shape index (κ2) is 8.28. The molecule has 0 aliphatic carbocycles. The highest BCUT2D eigenvalue weighted by Crippen LogP contribution is 2.12. The van der Waals surface area contributed by atoms with Gasteiger partial charge in [0.05, 0.1) is 10.5 Å². The lowest BCUT2D eigenvalue weighted by Gasteiger charge is -2.34. The van der Waals surface area contributed by atoms with Gasteiger partial charge >= 0.3 is 5.97 Å². The zero-order chi connectivity index (χ0) is 19.3. The van der Waals surface area contributed by atoms with Gasteiger partial charge in [-0.15, -0.1) is 0 Å². The van der Waals surface area contributed by atoms with Crippen LogP contribution in [0.25, 0.3) is 0 Å². The first-order chi connectivity index (χ1) is 12.2. The van der Waals surface area contributed by atoms with Crippen LogP contribution in [0.5, 0.6) is 0 Å². The van der Waals surface area contributed by atoms with Gasteiger partial charge < -0.3 is 14.9 Å². The molecule has 0 bridgehead atoms. The van der Waals surface area contributed by atoms with Crippen LogP contribution in [-0.2, 0) is 19.6 Å². The fourth-order valence-corrected chi connectivity index (χ4v) is 3.68. The number of rotatable bonds is 6. The molecule has 1 aromatic carbocycles. The first-order valence-corrected chi connectivity index (χ1v) is 9.55. The summed E-state index contributed by atoms with van der Waals surface area (Å²) in [5.41, 5.74) is -0.132. The molecule has 2 rings (SSSR count). The molecule has 1 aromatic rings. The fraction of sp³-hybridized carbons (Fsp3) is 0.438. The van der Waals surface area contributed by atoms with Crippen molar-refractivity contribution >= 4 is 27.8 Å². The Labute approximate surface area is 151 Å². The summed E-state index contributed by atoms with van der Waals surface area (Å²) in [6.45, 7) is 3.16. The van der Waals surface area contributed by atoms with E-state index in [-0.39, 0.29) is 35.2 Å². The van der Waals surface area contributed by atoms with E-state index in [0.717, 1.165) is 6.07 Å². The van der Waals surface area contributed by atoms with Crippen molar-refractivity contribution in [3.63, 3.8) is 0 Å². The van der Waals surface area contributed by atoms with Gasteiger partial charge in [-0.3, -0.25) is 9.59 Å². The topological polar surface area (TPSA) is 124 Å². The predicted octanol–water partition coefficient (Wildman–Crippen LogP) is -0.256. The van der Waals surface area contributed by atoms with Crippen molar-refractivity contribution in [3.8, 4) is 0 Å². The number of carbonyl (C=O) groups is 3. The van der Waals surface area contributed by atoms with Crippen LogP contribution in [0.1, 0.15) is 23.7 Å². The molecular formula is C16H21N3O6S. The lowest BCUT2D eigenvalue weighted by molar-refractivity contribution is -0.138. The number of benzene rings is 1. The Balaban J connectivity index is 1.87. The monoisotopic (exact) mass is 383 g/mol. The Hall–Kier alpha value is -2.46. The van der Waals surface area contributed by atoms with E-state index in [9.17, 15) is 22.8 Å². The Morgan fingerprint density at radius 1 is 1.12 bits per heavy atom. The molecule has 0 saturated carbocycles. The second-order valence-corrected chi connectivity index (χ2v) is 7.63. The van der Waals surface area contributed by atoms with Gasteiger partial charge in [0, 0.05) is 46.1 Å². The zero-order valence-corrected chi connectivity index (χ0v) is 15.2. The molecular weight excluding hydrogens is 362 g/mol. The Morgan fingerprint density at radius 2 is 1.73 bits per heavy atom. The maximum absolute atomic E-state index is 12.2. The molecule has 2 N–H and O–H groups in total. The number of nitrogens with one attached hydrogen (secondary N) is 1. The van der Waals surface area contributed by atoms with E-state index in [1.165, 1.54) is 25.1 Å². The van der Waals surface area contributed by atoms with Crippen molar-refractivity contribution in [2.45, 2.75) is 18.2 Å². The number of sulfonamides is 1. The number of hydrogen-bond acceptors (Lipinski definition) is 5. The van der Waals surface area contributed by atoms with Crippen LogP contribution in [0.2, 0.25) is 0 Å². The molecule has 2 amide bonds. The summed E-state index contributed by atoms with van der Waals surface area (Å²) in [5, 5.41) is 8.93. The van der Waals surface area contributed by atoms with Gasteiger partial charge in [0.2, 0.25) is 21.8 Å². The van der Waals surface area contributed by atoms with Gasteiger partial charge in [-0.2, -0.15) is 0 Å². The molecule has 1 aliphatic rings. The molecule has 9 nitrogen and oxygen atoms in total. The largest absolute Gasteiger partial charge is 0.478 e. The van der Waals surface area contributed by atoms with E-state index < -0.39 is 16.0 Å². The number of carboxylic acid groups (broad SMARTS) is 1. The molecule has 0 atom stereocenters. The van der Waals surface area contributed by atoms with Gasteiger partial charge in [-0.05, 0) is 18.2 Å². The zero-order valence-electron chi connectivity index (χ0n) is 14.3. The minimum atomic E-state index is -3.90.